The minimum absolute atomic E-state index is 0. The van der Waals surface area contributed by atoms with Crippen LogP contribution in [0, 0.1) is 0 Å². The predicted octanol–water partition coefficient (Wildman–Crippen LogP) is -0.737. The summed E-state index contributed by atoms with van der Waals surface area (Å²) < 4.78 is 0. The van der Waals surface area contributed by atoms with Crippen molar-refractivity contribution in [2.75, 3.05) is 0 Å². The predicted molar refractivity (Wildman–Crippen MR) is 9.63 cm³/mol. The Balaban J connectivity index is 0. The zero-order valence-corrected chi connectivity index (χ0v) is 8.10. The molecule has 2 N–H and O–H groups in total. The molecule has 0 aromatic carbocycles. The van der Waals surface area contributed by atoms with Crippen LogP contribution < -0.4 is 0 Å². The first kappa shape index (κ1) is 34.6. The molecule has 0 unspecified atom stereocenters. The van der Waals surface area contributed by atoms with E-state index in [-0.39, 0.29) is 81.6 Å². The molecule has 0 aromatic rings. The van der Waals surface area contributed by atoms with Crippen molar-refractivity contribution in [3.63, 3.8) is 0 Å². The van der Waals surface area contributed by atoms with Crippen LogP contribution in [0.4, 0.5) is 0 Å². The topological polar surface area (TPSA) is 60.0 Å². The molecule has 0 bridgehead atoms. The van der Waals surface area contributed by atoms with Crippen molar-refractivity contribution in [2.45, 2.75) is 0 Å². The second kappa shape index (κ2) is 18.9. The van der Waals surface area contributed by atoms with Crippen molar-refractivity contribution in [2.24, 2.45) is 0 Å². The van der Waals surface area contributed by atoms with Gasteiger partial charge in [-0.25, -0.2) is 0 Å². The normalized spacial score (nSPS) is 0. The second-order valence-electron chi connectivity index (χ2n) is 0. The van der Waals surface area contributed by atoms with E-state index in [9.17, 15) is 0 Å². The Labute approximate surface area is 79.9 Å². The van der Waals surface area contributed by atoms with Crippen molar-refractivity contribution in [3.05, 3.63) is 0 Å². The standard InChI is InChI=1S/Ba.2H2O.Ti/h;2*1H2;/q+2;;;/p-2. The SMILES string of the molecule is [Ba+2].[OH-].[OH-].[Ti]. The second-order valence-corrected chi connectivity index (χ2v) is 0. The van der Waals surface area contributed by atoms with Crippen LogP contribution in [0.1, 0.15) is 0 Å². The molecule has 0 fully saturated rings. The summed E-state index contributed by atoms with van der Waals surface area (Å²) in [5, 5.41) is 0. The van der Waals surface area contributed by atoms with Gasteiger partial charge < -0.3 is 11.0 Å². The van der Waals surface area contributed by atoms with Crippen molar-refractivity contribution in [1.29, 1.82) is 0 Å². The fourth-order valence-electron chi connectivity index (χ4n) is 0. The molecule has 4 heteroatoms. The van der Waals surface area contributed by atoms with E-state index in [4.69, 9.17) is 0 Å². The Morgan fingerprint density at radius 3 is 0.750 bits per heavy atom. The van der Waals surface area contributed by atoms with Gasteiger partial charge in [-0.3, -0.25) is 0 Å². The van der Waals surface area contributed by atoms with Crippen LogP contribution in [0.15, 0.2) is 0 Å². The molecule has 20 valence electrons. The van der Waals surface area contributed by atoms with E-state index < -0.39 is 0 Å². The van der Waals surface area contributed by atoms with Gasteiger partial charge in [-0.1, -0.05) is 0 Å². The summed E-state index contributed by atoms with van der Waals surface area (Å²) in [6, 6.07) is 0. The molecule has 0 amide bonds. The molecule has 0 aliphatic heterocycles. The Bertz CT molecular complexity index is 6.00. The molecule has 0 radical (unpaired) electrons. The first-order valence-corrected chi connectivity index (χ1v) is 0. The van der Waals surface area contributed by atoms with Gasteiger partial charge in [-0.05, 0) is 0 Å². The molecule has 0 aliphatic carbocycles. The molecular formula is H2BaO2Ti. The summed E-state index contributed by atoms with van der Waals surface area (Å²) in [7, 11) is 0. The third-order valence-corrected chi connectivity index (χ3v) is 0. The van der Waals surface area contributed by atoms with E-state index in [0.29, 0.717) is 0 Å². The minimum atomic E-state index is 0. The largest absolute Gasteiger partial charge is 2.00 e. The van der Waals surface area contributed by atoms with Crippen LogP contribution in [0.3, 0.4) is 0 Å². The molecule has 0 heterocycles. The Hall–Kier alpha value is 2.21. The van der Waals surface area contributed by atoms with E-state index in [2.05, 4.69) is 0 Å². The van der Waals surface area contributed by atoms with E-state index in [1.54, 1.807) is 0 Å². The van der Waals surface area contributed by atoms with Crippen LogP contribution in [0.2, 0.25) is 0 Å². The Kier molecular flexibility index (Phi) is 164. The summed E-state index contributed by atoms with van der Waals surface area (Å²) in [5.41, 5.74) is 0. The fraction of sp³-hybridized carbons (Fsp3) is 0. The molecular weight excluding hydrogens is 217 g/mol. The van der Waals surface area contributed by atoms with Gasteiger partial charge >= 0.3 is 48.9 Å². The van der Waals surface area contributed by atoms with Crippen molar-refractivity contribution in [1.82, 2.24) is 0 Å². The molecule has 0 spiro atoms. The van der Waals surface area contributed by atoms with Gasteiger partial charge in [-0.2, -0.15) is 0 Å². The van der Waals surface area contributed by atoms with E-state index in [1.165, 1.54) is 0 Å². The van der Waals surface area contributed by atoms with Crippen molar-refractivity contribution in [3.8, 4) is 0 Å². The summed E-state index contributed by atoms with van der Waals surface area (Å²) in [6.45, 7) is 0. The van der Waals surface area contributed by atoms with Crippen molar-refractivity contribution >= 4 is 48.9 Å². The first-order valence-electron chi connectivity index (χ1n) is 0. The summed E-state index contributed by atoms with van der Waals surface area (Å²) in [6.07, 6.45) is 0. The summed E-state index contributed by atoms with van der Waals surface area (Å²) in [4.78, 5) is 0. The van der Waals surface area contributed by atoms with Gasteiger partial charge in [0.05, 0.1) is 0 Å². The molecule has 2 nitrogen and oxygen atoms in total. The molecule has 0 rings (SSSR count). The van der Waals surface area contributed by atoms with Gasteiger partial charge in [0, 0.05) is 21.7 Å². The zero-order valence-electron chi connectivity index (χ0n) is 2.10. The fourth-order valence-corrected chi connectivity index (χ4v) is 0. The van der Waals surface area contributed by atoms with Crippen LogP contribution in [0.5, 0.6) is 0 Å². The van der Waals surface area contributed by atoms with Gasteiger partial charge in [-0.15, -0.1) is 0 Å². The Morgan fingerprint density at radius 1 is 0.750 bits per heavy atom. The molecule has 0 aromatic heterocycles. The number of rotatable bonds is 0. The van der Waals surface area contributed by atoms with Crippen LogP contribution in [0.25, 0.3) is 0 Å². The zero-order chi connectivity index (χ0) is 0. The molecule has 0 saturated heterocycles. The minimum Gasteiger partial charge on any atom is -0.870 e. The summed E-state index contributed by atoms with van der Waals surface area (Å²) in [5.74, 6) is 0. The first-order chi connectivity index (χ1) is 0. The third kappa shape index (κ3) is 8.88. The van der Waals surface area contributed by atoms with Gasteiger partial charge in [0.25, 0.3) is 0 Å². The van der Waals surface area contributed by atoms with Gasteiger partial charge in [0.2, 0.25) is 0 Å². The quantitative estimate of drug-likeness (QED) is 0.504. The van der Waals surface area contributed by atoms with Crippen molar-refractivity contribution < 1.29 is 32.7 Å². The van der Waals surface area contributed by atoms with Gasteiger partial charge in [0.1, 0.15) is 0 Å². The van der Waals surface area contributed by atoms with E-state index >= 15 is 0 Å². The smallest absolute Gasteiger partial charge is 0.870 e. The average Bonchev–Trinajstić information content (AvgIpc) is 0. The monoisotopic (exact) mass is 220 g/mol. The average molecular weight is 219 g/mol. The van der Waals surface area contributed by atoms with Crippen LogP contribution in [-0.4, -0.2) is 59.8 Å². The maximum Gasteiger partial charge on any atom is 2.00 e. The summed E-state index contributed by atoms with van der Waals surface area (Å²) >= 11 is 0. The molecule has 0 aliphatic rings. The van der Waals surface area contributed by atoms with E-state index in [0.717, 1.165) is 0 Å². The van der Waals surface area contributed by atoms with Gasteiger partial charge in [0.15, 0.2) is 0 Å². The Morgan fingerprint density at radius 2 is 0.750 bits per heavy atom. The van der Waals surface area contributed by atoms with E-state index in [1.807, 2.05) is 0 Å². The third-order valence-electron chi connectivity index (χ3n) is 0. The van der Waals surface area contributed by atoms with Crippen LogP contribution in [-0.2, 0) is 21.7 Å². The maximum absolute atomic E-state index is 0. The molecule has 0 saturated carbocycles. The maximum atomic E-state index is 0. The number of hydrogen-bond acceptors (Lipinski definition) is 2. The molecule has 0 atom stereocenters. The van der Waals surface area contributed by atoms with Crippen LogP contribution >= 0.6 is 0 Å². The number of hydrogen-bond donors (Lipinski definition) is 0. The molecule has 4 heavy (non-hydrogen) atoms.